The van der Waals surface area contributed by atoms with Crippen molar-refractivity contribution in [2.24, 2.45) is 4.99 Å². The molecule has 0 saturated carbocycles. The third-order valence-corrected chi connectivity index (χ3v) is 3.20. The molecule has 0 heterocycles. The summed E-state index contributed by atoms with van der Waals surface area (Å²) in [5.41, 5.74) is 1.02. The van der Waals surface area contributed by atoms with E-state index >= 15 is 0 Å². The molecule has 0 atom stereocenters. The Balaban J connectivity index is 2.38. The van der Waals surface area contributed by atoms with Crippen LogP contribution < -0.4 is 20.7 Å². The first-order valence-electron chi connectivity index (χ1n) is 8.11. The molecule has 0 aromatic heterocycles. The van der Waals surface area contributed by atoms with Crippen molar-refractivity contribution < 1.29 is 9.53 Å². The number of rotatable bonds is 9. The highest BCUT2D eigenvalue weighted by Crippen LogP contribution is 2.10. The van der Waals surface area contributed by atoms with Crippen LogP contribution in [-0.2, 0) is 11.3 Å². The fourth-order valence-electron chi connectivity index (χ4n) is 1.88. The number of aliphatic imine (C=N–C) groups is 1. The van der Waals surface area contributed by atoms with Crippen molar-refractivity contribution in [2.45, 2.75) is 33.2 Å². The normalized spacial score (nSPS) is 11.0. The maximum atomic E-state index is 11.9. The Morgan fingerprint density at radius 1 is 1.13 bits per heavy atom. The van der Waals surface area contributed by atoms with E-state index in [1.54, 1.807) is 7.11 Å². The van der Waals surface area contributed by atoms with Gasteiger partial charge in [-0.05, 0) is 31.0 Å². The highest BCUT2D eigenvalue weighted by molar-refractivity contribution is 5.84. The summed E-state index contributed by atoms with van der Waals surface area (Å²) in [7, 11) is 1.63. The molecule has 6 nitrogen and oxygen atoms in total. The number of unbranched alkanes of at least 4 members (excludes halogenated alkanes) is 1. The number of guanidine groups is 1. The van der Waals surface area contributed by atoms with Crippen molar-refractivity contribution in [2.75, 3.05) is 26.7 Å². The van der Waals surface area contributed by atoms with Gasteiger partial charge in [-0.3, -0.25) is 4.79 Å². The number of hydrogen-bond donors (Lipinski definition) is 3. The molecule has 0 aliphatic rings. The number of nitrogens with one attached hydrogen (secondary N) is 3. The Labute approximate surface area is 138 Å². The molecule has 3 N–H and O–H groups in total. The molecule has 0 saturated heterocycles. The Hall–Kier alpha value is -2.24. The van der Waals surface area contributed by atoms with Crippen LogP contribution in [0.15, 0.2) is 29.3 Å². The van der Waals surface area contributed by atoms with Crippen molar-refractivity contribution in [1.29, 1.82) is 0 Å². The lowest BCUT2D eigenvalue weighted by molar-refractivity contribution is -0.119. The van der Waals surface area contributed by atoms with Gasteiger partial charge in [0.05, 0.1) is 7.11 Å². The second kappa shape index (κ2) is 11.3. The van der Waals surface area contributed by atoms with Gasteiger partial charge in [0, 0.05) is 19.6 Å². The van der Waals surface area contributed by atoms with Crippen LogP contribution in [0.2, 0.25) is 0 Å². The molecule has 1 aromatic carbocycles. The number of hydrogen-bond acceptors (Lipinski definition) is 3. The van der Waals surface area contributed by atoms with Crippen LogP contribution >= 0.6 is 0 Å². The molecule has 1 aromatic rings. The molecule has 128 valence electrons. The summed E-state index contributed by atoms with van der Waals surface area (Å²) in [6, 6.07) is 7.61. The van der Waals surface area contributed by atoms with Crippen LogP contribution in [0.1, 0.15) is 32.3 Å². The van der Waals surface area contributed by atoms with Gasteiger partial charge in [-0.2, -0.15) is 0 Å². The molecule has 0 spiro atoms. The lowest BCUT2D eigenvalue weighted by Gasteiger charge is -2.10. The average molecular weight is 320 g/mol. The molecule has 0 radical (unpaired) electrons. The maximum Gasteiger partial charge on any atom is 0.242 e. The molecule has 0 unspecified atom stereocenters. The minimum absolute atomic E-state index is 0.103. The number of nitrogens with zero attached hydrogens (tertiary/aromatic N) is 1. The third kappa shape index (κ3) is 8.09. The van der Waals surface area contributed by atoms with E-state index < -0.39 is 0 Å². The van der Waals surface area contributed by atoms with Crippen LogP contribution in [0.3, 0.4) is 0 Å². The highest BCUT2D eigenvalue weighted by Gasteiger charge is 2.02. The molecule has 6 heteroatoms. The molecular weight excluding hydrogens is 292 g/mol. The number of carbonyl (C=O) groups is 1. The predicted octanol–water partition coefficient (Wildman–Crippen LogP) is 1.67. The van der Waals surface area contributed by atoms with Crippen LogP contribution in [-0.4, -0.2) is 38.6 Å². The molecule has 0 aliphatic heterocycles. The van der Waals surface area contributed by atoms with E-state index in [4.69, 9.17) is 4.74 Å². The summed E-state index contributed by atoms with van der Waals surface area (Å²) >= 11 is 0. The van der Waals surface area contributed by atoms with Crippen molar-refractivity contribution >= 4 is 11.9 Å². The van der Waals surface area contributed by atoms with Gasteiger partial charge < -0.3 is 20.7 Å². The topological polar surface area (TPSA) is 74.8 Å². The van der Waals surface area contributed by atoms with E-state index in [9.17, 15) is 4.79 Å². The summed E-state index contributed by atoms with van der Waals surface area (Å²) in [6.07, 6.45) is 2.20. The van der Waals surface area contributed by atoms with E-state index in [0.717, 1.165) is 37.2 Å². The van der Waals surface area contributed by atoms with Crippen molar-refractivity contribution in [3.63, 3.8) is 0 Å². The Morgan fingerprint density at radius 2 is 1.87 bits per heavy atom. The van der Waals surface area contributed by atoms with Gasteiger partial charge in [0.2, 0.25) is 5.91 Å². The van der Waals surface area contributed by atoms with Gasteiger partial charge >= 0.3 is 0 Å². The standard InChI is InChI=1S/C17H28N4O2/c1-4-6-11-19-17(18-5-2)21-13-16(22)20-12-14-7-9-15(23-3)10-8-14/h7-10H,4-6,11-13H2,1-3H3,(H,20,22)(H2,18,19,21). The van der Waals surface area contributed by atoms with Gasteiger partial charge in [0.15, 0.2) is 5.96 Å². The lowest BCUT2D eigenvalue weighted by atomic mass is 10.2. The van der Waals surface area contributed by atoms with Gasteiger partial charge in [-0.15, -0.1) is 0 Å². The molecule has 1 amide bonds. The molecule has 0 aliphatic carbocycles. The van der Waals surface area contributed by atoms with Gasteiger partial charge in [-0.25, -0.2) is 4.99 Å². The fraction of sp³-hybridized carbons (Fsp3) is 0.529. The number of methoxy groups -OCH3 is 1. The molecule has 1 rings (SSSR count). The molecule has 23 heavy (non-hydrogen) atoms. The quantitative estimate of drug-likeness (QED) is 0.367. The van der Waals surface area contributed by atoms with Crippen LogP contribution in [0.25, 0.3) is 0 Å². The Bertz CT molecular complexity index is 486. The lowest BCUT2D eigenvalue weighted by Crippen LogP contribution is -2.38. The number of ether oxygens (including phenoxy) is 1. The summed E-state index contributed by atoms with van der Waals surface area (Å²) in [6.45, 7) is 6.36. The van der Waals surface area contributed by atoms with Gasteiger partial charge in [-0.1, -0.05) is 25.5 Å². The Morgan fingerprint density at radius 3 is 2.48 bits per heavy atom. The van der Waals surface area contributed by atoms with Crippen molar-refractivity contribution in [3.8, 4) is 5.75 Å². The summed E-state index contributed by atoms with van der Waals surface area (Å²) in [5.74, 6) is 1.38. The van der Waals surface area contributed by atoms with Crippen molar-refractivity contribution in [1.82, 2.24) is 16.0 Å². The minimum Gasteiger partial charge on any atom is -0.497 e. The average Bonchev–Trinajstić information content (AvgIpc) is 2.58. The Kier molecular flexibility index (Phi) is 9.28. The minimum atomic E-state index is -0.103. The second-order valence-electron chi connectivity index (χ2n) is 5.10. The monoisotopic (exact) mass is 320 g/mol. The summed E-state index contributed by atoms with van der Waals surface area (Å²) < 4.78 is 5.10. The predicted molar refractivity (Wildman–Crippen MR) is 93.7 cm³/mol. The first-order chi connectivity index (χ1) is 11.2. The molecule has 0 bridgehead atoms. The first-order valence-corrected chi connectivity index (χ1v) is 8.11. The summed E-state index contributed by atoms with van der Waals surface area (Å²) in [5, 5.41) is 9.20. The van der Waals surface area contributed by atoms with Gasteiger partial charge in [0.25, 0.3) is 0 Å². The van der Waals surface area contributed by atoms with E-state index in [1.165, 1.54) is 0 Å². The zero-order valence-electron chi connectivity index (χ0n) is 14.3. The largest absolute Gasteiger partial charge is 0.497 e. The number of carbonyl (C=O) groups excluding carboxylic acids is 1. The van der Waals surface area contributed by atoms with E-state index in [1.807, 2.05) is 31.2 Å². The van der Waals surface area contributed by atoms with Crippen molar-refractivity contribution in [3.05, 3.63) is 29.8 Å². The zero-order valence-corrected chi connectivity index (χ0v) is 14.3. The van der Waals surface area contributed by atoms with E-state index in [0.29, 0.717) is 12.5 Å². The summed E-state index contributed by atoms with van der Waals surface area (Å²) in [4.78, 5) is 16.2. The smallest absolute Gasteiger partial charge is 0.242 e. The van der Waals surface area contributed by atoms with E-state index in [-0.39, 0.29) is 12.5 Å². The zero-order chi connectivity index (χ0) is 16.9. The van der Waals surface area contributed by atoms with Gasteiger partial charge in [0.1, 0.15) is 12.3 Å². The molecule has 0 fully saturated rings. The SMILES string of the molecule is CCCCNC(=NCC(=O)NCc1ccc(OC)cc1)NCC. The maximum absolute atomic E-state index is 11.9. The fourth-order valence-corrected chi connectivity index (χ4v) is 1.88. The number of benzene rings is 1. The first kappa shape index (κ1) is 18.8. The molecular formula is C17H28N4O2. The second-order valence-corrected chi connectivity index (χ2v) is 5.10. The third-order valence-electron chi connectivity index (χ3n) is 3.20. The van der Waals surface area contributed by atoms with Crippen LogP contribution in [0, 0.1) is 0 Å². The highest BCUT2D eigenvalue weighted by atomic mass is 16.5. The van der Waals surface area contributed by atoms with Crippen LogP contribution in [0.5, 0.6) is 5.75 Å². The van der Waals surface area contributed by atoms with Crippen LogP contribution in [0.4, 0.5) is 0 Å². The van der Waals surface area contributed by atoms with E-state index in [2.05, 4.69) is 27.9 Å². The number of amides is 1.